The fourth-order valence-corrected chi connectivity index (χ4v) is 3.00. The minimum atomic E-state index is -0.518. The third kappa shape index (κ3) is 3.38. The smallest absolute Gasteiger partial charge is 0.410 e. The zero-order chi connectivity index (χ0) is 17.5. The van der Waals surface area contributed by atoms with Gasteiger partial charge in [-0.05, 0) is 45.2 Å². The van der Waals surface area contributed by atoms with E-state index in [1.54, 1.807) is 9.47 Å². The topological polar surface area (TPSA) is 93.1 Å². The summed E-state index contributed by atoms with van der Waals surface area (Å²) in [5.74, 6) is 0. The summed E-state index contributed by atoms with van der Waals surface area (Å²) < 4.78 is 6.99. The molecule has 2 aromatic heterocycles. The van der Waals surface area contributed by atoms with E-state index in [9.17, 15) is 9.59 Å². The van der Waals surface area contributed by atoms with E-state index in [0.717, 1.165) is 0 Å². The number of fused-ring (bicyclic) bond motifs is 1. The lowest BCUT2D eigenvalue weighted by Gasteiger charge is -2.33. The number of aromatic amines is 1. The second kappa shape index (κ2) is 6.08. The molecule has 0 bridgehead atoms. The molecule has 0 spiro atoms. The molecule has 0 atom stereocenters. The van der Waals surface area contributed by atoms with Gasteiger partial charge in [0.05, 0.1) is 6.20 Å². The highest BCUT2D eigenvalue weighted by Gasteiger charge is 2.29. The van der Waals surface area contributed by atoms with Crippen LogP contribution in [0.2, 0.25) is 5.28 Å². The highest BCUT2D eigenvalue weighted by atomic mass is 35.5. The van der Waals surface area contributed by atoms with Crippen LogP contribution in [0.3, 0.4) is 0 Å². The number of rotatable bonds is 1. The first kappa shape index (κ1) is 16.8. The number of nitrogens with one attached hydrogen (secondary N) is 1. The van der Waals surface area contributed by atoms with Crippen LogP contribution in [0.15, 0.2) is 11.0 Å². The molecule has 0 radical (unpaired) electrons. The Bertz CT molecular complexity index is 815. The lowest BCUT2D eigenvalue weighted by molar-refractivity contribution is 0.0189. The Morgan fingerprint density at radius 3 is 2.67 bits per heavy atom. The van der Waals surface area contributed by atoms with E-state index in [0.29, 0.717) is 37.1 Å². The van der Waals surface area contributed by atoms with E-state index in [1.165, 1.54) is 6.20 Å². The van der Waals surface area contributed by atoms with Crippen molar-refractivity contribution >= 4 is 28.9 Å². The van der Waals surface area contributed by atoms with Crippen molar-refractivity contribution in [3.63, 3.8) is 0 Å². The Balaban J connectivity index is 1.76. The predicted octanol–water partition coefficient (Wildman–Crippen LogP) is 2.34. The Morgan fingerprint density at radius 2 is 2.04 bits per heavy atom. The molecular formula is C15H20ClN5O3. The Labute approximate surface area is 143 Å². The van der Waals surface area contributed by atoms with Gasteiger partial charge in [0, 0.05) is 19.1 Å². The molecule has 1 saturated heterocycles. The van der Waals surface area contributed by atoms with Gasteiger partial charge in [-0.3, -0.25) is 4.57 Å². The molecule has 9 heteroatoms. The van der Waals surface area contributed by atoms with Gasteiger partial charge in [0.15, 0.2) is 5.65 Å². The molecule has 1 amide bonds. The minimum Gasteiger partial charge on any atom is -0.444 e. The summed E-state index contributed by atoms with van der Waals surface area (Å²) in [5.41, 5.74) is 0.294. The van der Waals surface area contributed by atoms with Crippen molar-refractivity contribution in [1.29, 1.82) is 0 Å². The number of ether oxygens (including phenoxy) is 1. The van der Waals surface area contributed by atoms with Gasteiger partial charge < -0.3 is 14.6 Å². The zero-order valence-corrected chi connectivity index (χ0v) is 14.6. The normalized spacial score (nSPS) is 16.6. The van der Waals surface area contributed by atoms with E-state index in [1.807, 2.05) is 20.8 Å². The van der Waals surface area contributed by atoms with Crippen LogP contribution >= 0.6 is 11.6 Å². The first-order valence-electron chi connectivity index (χ1n) is 7.85. The summed E-state index contributed by atoms with van der Waals surface area (Å²) in [4.78, 5) is 36.8. The van der Waals surface area contributed by atoms with Crippen LogP contribution in [0.5, 0.6) is 0 Å². The number of H-pyrrole nitrogens is 1. The quantitative estimate of drug-likeness (QED) is 0.794. The van der Waals surface area contributed by atoms with E-state index < -0.39 is 5.60 Å². The van der Waals surface area contributed by atoms with Gasteiger partial charge in [-0.25, -0.2) is 14.6 Å². The number of carbonyl (C=O) groups excluding carboxylic acids is 1. The van der Waals surface area contributed by atoms with E-state index in [4.69, 9.17) is 16.3 Å². The van der Waals surface area contributed by atoms with Crippen LogP contribution in [0, 0.1) is 0 Å². The molecule has 0 aliphatic carbocycles. The lowest BCUT2D eigenvalue weighted by atomic mass is 10.1. The third-order valence-electron chi connectivity index (χ3n) is 3.91. The van der Waals surface area contributed by atoms with Crippen LogP contribution in [0.4, 0.5) is 4.79 Å². The number of imidazole rings is 1. The van der Waals surface area contributed by atoms with E-state index >= 15 is 0 Å². The number of carbonyl (C=O) groups is 1. The molecule has 1 aliphatic rings. The van der Waals surface area contributed by atoms with Crippen LogP contribution in [-0.2, 0) is 4.74 Å². The van der Waals surface area contributed by atoms with Crippen molar-refractivity contribution in [2.75, 3.05) is 13.1 Å². The van der Waals surface area contributed by atoms with E-state index in [2.05, 4.69) is 15.0 Å². The van der Waals surface area contributed by atoms with Gasteiger partial charge in [0.25, 0.3) is 0 Å². The first-order valence-corrected chi connectivity index (χ1v) is 8.23. The molecule has 3 rings (SSSR count). The number of hydrogen-bond donors (Lipinski definition) is 1. The highest BCUT2D eigenvalue weighted by Crippen LogP contribution is 2.25. The maximum Gasteiger partial charge on any atom is 0.410 e. The van der Waals surface area contributed by atoms with Gasteiger partial charge in [-0.1, -0.05) is 0 Å². The number of piperidine rings is 1. The number of hydrogen-bond acceptors (Lipinski definition) is 5. The van der Waals surface area contributed by atoms with Crippen molar-refractivity contribution in [3.8, 4) is 0 Å². The molecule has 24 heavy (non-hydrogen) atoms. The summed E-state index contributed by atoms with van der Waals surface area (Å²) in [7, 11) is 0. The number of aromatic nitrogens is 4. The summed E-state index contributed by atoms with van der Waals surface area (Å²) in [6.45, 7) is 6.57. The predicted molar refractivity (Wildman–Crippen MR) is 89.2 cm³/mol. The van der Waals surface area contributed by atoms with Crippen molar-refractivity contribution in [2.24, 2.45) is 0 Å². The first-order chi connectivity index (χ1) is 11.2. The average molecular weight is 354 g/mol. The molecule has 0 unspecified atom stereocenters. The van der Waals surface area contributed by atoms with Crippen LogP contribution in [-0.4, -0.2) is 49.2 Å². The fraction of sp³-hybridized carbons (Fsp3) is 0.600. The highest BCUT2D eigenvalue weighted by molar-refractivity contribution is 6.28. The van der Waals surface area contributed by atoms with Crippen molar-refractivity contribution in [3.05, 3.63) is 22.0 Å². The van der Waals surface area contributed by atoms with Crippen LogP contribution < -0.4 is 5.69 Å². The third-order valence-corrected chi connectivity index (χ3v) is 4.09. The van der Waals surface area contributed by atoms with Crippen LogP contribution in [0.25, 0.3) is 11.2 Å². The Kier molecular flexibility index (Phi) is 4.25. The largest absolute Gasteiger partial charge is 0.444 e. The fourth-order valence-electron chi connectivity index (χ4n) is 2.87. The maximum absolute atomic E-state index is 12.2. The molecule has 1 N–H and O–H groups in total. The number of halogens is 1. The van der Waals surface area contributed by atoms with Gasteiger partial charge >= 0.3 is 11.8 Å². The molecule has 1 aliphatic heterocycles. The Hall–Kier alpha value is -2.09. The second-order valence-electron chi connectivity index (χ2n) is 6.88. The number of likely N-dealkylation sites (tertiary alicyclic amines) is 1. The monoisotopic (exact) mass is 353 g/mol. The number of nitrogens with zero attached hydrogens (tertiary/aromatic N) is 4. The summed E-state index contributed by atoms with van der Waals surface area (Å²) in [5, 5.41) is 0.0986. The molecule has 8 nitrogen and oxygen atoms in total. The van der Waals surface area contributed by atoms with Gasteiger partial charge in [-0.15, -0.1) is 0 Å². The summed E-state index contributed by atoms with van der Waals surface area (Å²) in [6, 6.07) is -0.0455. The van der Waals surface area contributed by atoms with Gasteiger partial charge in [0.1, 0.15) is 11.1 Å². The molecular weight excluding hydrogens is 334 g/mol. The average Bonchev–Trinajstić information content (AvgIpc) is 2.81. The molecule has 0 aromatic carbocycles. The van der Waals surface area contributed by atoms with Crippen LogP contribution in [0.1, 0.15) is 39.7 Å². The Morgan fingerprint density at radius 1 is 1.38 bits per heavy atom. The zero-order valence-electron chi connectivity index (χ0n) is 13.9. The standard InChI is InChI=1S/C15H20ClN5O3/c1-15(2,3)24-14(23)20-6-4-9(5-7-20)21-11-10(18-13(21)22)8-17-12(16)19-11/h8-9H,4-7H2,1-3H3,(H,18,22). The SMILES string of the molecule is CC(C)(C)OC(=O)N1CCC(n2c(=O)[nH]c3cnc(Cl)nc32)CC1. The van der Waals surface area contributed by atoms with Crippen molar-refractivity contribution in [1.82, 2.24) is 24.4 Å². The number of amides is 1. The van der Waals surface area contributed by atoms with Crippen molar-refractivity contribution in [2.45, 2.75) is 45.3 Å². The van der Waals surface area contributed by atoms with Gasteiger partial charge in [-0.2, -0.15) is 4.98 Å². The second-order valence-corrected chi connectivity index (χ2v) is 7.21. The van der Waals surface area contributed by atoms with Gasteiger partial charge in [0.2, 0.25) is 5.28 Å². The van der Waals surface area contributed by atoms with E-state index in [-0.39, 0.29) is 23.1 Å². The molecule has 1 fully saturated rings. The maximum atomic E-state index is 12.2. The summed E-state index contributed by atoms with van der Waals surface area (Å²) >= 11 is 5.84. The molecule has 130 valence electrons. The van der Waals surface area contributed by atoms with Crippen molar-refractivity contribution < 1.29 is 9.53 Å². The minimum absolute atomic E-state index is 0.0455. The molecule has 2 aromatic rings. The summed E-state index contributed by atoms with van der Waals surface area (Å²) in [6.07, 6.45) is 2.47. The lowest BCUT2D eigenvalue weighted by Crippen LogP contribution is -2.43. The molecule has 0 saturated carbocycles. The molecule has 3 heterocycles.